The third-order valence-electron chi connectivity index (χ3n) is 2.66. The fourth-order valence-corrected chi connectivity index (χ4v) is 1.98. The maximum absolute atomic E-state index is 13.3. The van der Waals surface area contributed by atoms with E-state index in [1.165, 1.54) is 19.2 Å². The van der Waals surface area contributed by atoms with Crippen LogP contribution in [0.25, 0.3) is 0 Å². The molecule has 0 aliphatic carbocycles. The Hall–Kier alpha value is -1.96. The highest BCUT2D eigenvalue weighted by Crippen LogP contribution is 2.20. The largest absolute Gasteiger partial charge is 0.480 e. The van der Waals surface area contributed by atoms with Crippen LogP contribution in [0, 0.1) is 5.82 Å². The summed E-state index contributed by atoms with van der Waals surface area (Å²) in [6.45, 7) is 0. The highest BCUT2D eigenvalue weighted by Gasteiger charge is 2.23. The van der Waals surface area contributed by atoms with Crippen LogP contribution in [0.3, 0.4) is 0 Å². The molecule has 0 heterocycles. The van der Waals surface area contributed by atoms with Gasteiger partial charge in [-0.1, -0.05) is 6.07 Å². The van der Waals surface area contributed by atoms with Gasteiger partial charge in [0.2, 0.25) is 0 Å². The molecular formula is C13H13BrFNO5. The number of halogens is 2. The van der Waals surface area contributed by atoms with Gasteiger partial charge in [-0.2, -0.15) is 0 Å². The number of esters is 1. The van der Waals surface area contributed by atoms with E-state index in [0.29, 0.717) is 0 Å². The summed E-state index contributed by atoms with van der Waals surface area (Å²) in [5, 5.41) is 11.3. The van der Waals surface area contributed by atoms with Gasteiger partial charge in [0.1, 0.15) is 11.9 Å². The van der Waals surface area contributed by atoms with E-state index in [1.807, 2.05) is 0 Å². The molecule has 0 radical (unpaired) electrons. The van der Waals surface area contributed by atoms with Gasteiger partial charge in [0, 0.05) is 6.42 Å². The van der Waals surface area contributed by atoms with Crippen molar-refractivity contribution >= 4 is 33.8 Å². The number of carboxylic acid groups (broad SMARTS) is 1. The fraction of sp³-hybridized carbons (Fsp3) is 0.308. The zero-order chi connectivity index (χ0) is 16.0. The van der Waals surface area contributed by atoms with Gasteiger partial charge >= 0.3 is 11.9 Å². The summed E-state index contributed by atoms with van der Waals surface area (Å²) >= 11 is 2.92. The Morgan fingerprint density at radius 3 is 2.67 bits per heavy atom. The smallest absolute Gasteiger partial charge is 0.326 e. The maximum atomic E-state index is 13.3. The van der Waals surface area contributed by atoms with Crippen LogP contribution in [0.4, 0.5) is 4.39 Å². The average molecular weight is 362 g/mol. The number of carboxylic acids is 1. The van der Waals surface area contributed by atoms with Gasteiger partial charge in [0.05, 0.1) is 17.1 Å². The van der Waals surface area contributed by atoms with Gasteiger partial charge in [-0.15, -0.1) is 0 Å². The second kappa shape index (κ2) is 7.72. The first-order valence-electron chi connectivity index (χ1n) is 5.91. The summed E-state index contributed by atoms with van der Waals surface area (Å²) in [5.41, 5.74) is -0.0284. The number of aliphatic carboxylic acids is 1. The summed E-state index contributed by atoms with van der Waals surface area (Å²) in [4.78, 5) is 34.0. The molecule has 0 aromatic heterocycles. The number of rotatable bonds is 6. The molecule has 6 nitrogen and oxygen atoms in total. The molecule has 21 heavy (non-hydrogen) atoms. The molecule has 0 spiro atoms. The molecule has 114 valence electrons. The van der Waals surface area contributed by atoms with E-state index in [4.69, 9.17) is 5.11 Å². The number of carbonyl (C=O) groups excluding carboxylic acids is 2. The van der Waals surface area contributed by atoms with Gasteiger partial charge in [-0.05, 0) is 34.5 Å². The molecule has 0 unspecified atom stereocenters. The van der Waals surface area contributed by atoms with E-state index in [2.05, 4.69) is 26.0 Å². The van der Waals surface area contributed by atoms with Crippen molar-refractivity contribution in [3.05, 3.63) is 34.1 Å². The van der Waals surface area contributed by atoms with Crippen molar-refractivity contribution in [2.24, 2.45) is 0 Å². The standard InChI is InChI=1S/C13H13BrFNO5/c1-21-10(17)6-5-9(13(19)20)16-12(18)7-3-2-4-8(15)11(7)14/h2-4,9H,5-6H2,1H3,(H,16,18)(H,19,20)/t9-/m1/s1. The molecule has 1 amide bonds. The third kappa shape index (κ3) is 4.82. The number of benzene rings is 1. The Morgan fingerprint density at radius 1 is 1.43 bits per heavy atom. The fourth-order valence-electron chi connectivity index (χ4n) is 1.54. The number of carbonyl (C=O) groups is 3. The molecule has 1 aromatic carbocycles. The SMILES string of the molecule is COC(=O)CC[C@@H](NC(=O)c1cccc(F)c1Br)C(=O)O. The van der Waals surface area contributed by atoms with Gasteiger partial charge < -0.3 is 15.2 Å². The molecule has 0 aliphatic heterocycles. The zero-order valence-electron chi connectivity index (χ0n) is 11.1. The van der Waals surface area contributed by atoms with E-state index in [0.717, 1.165) is 6.07 Å². The van der Waals surface area contributed by atoms with Crippen LogP contribution in [0.2, 0.25) is 0 Å². The Balaban J connectivity index is 2.79. The van der Waals surface area contributed by atoms with E-state index >= 15 is 0 Å². The van der Waals surface area contributed by atoms with Crippen LogP contribution >= 0.6 is 15.9 Å². The van der Waals surface area contributed by atoms with Crippen LogP contribution < -0.4 is 5.32 Å². The number of hydrogen-bond acceptors (Lipinski definition) is 4. The summed E-state index contributed by atoms with van der Waals surface area (Å²) in [5.74, 6) is -3.26. The maximum Gasteiger partial charge on any atom is 0.326 e. The Morgan fingerprint density at radius 2 is 2.10 bits per heavy atom. The van der Waals surface area contributed by atoms with E-state index in [1.54, 1.807) is 0 Å². The Kier molecular flexibility index (Phi) is 6.29. The Bertz CT molecular complexity index is 563. The highest BCUT2D eigenvalue weighted by molar-refractivity contribution is 9.10. The number of hydrogen-bond donors (Lipinski definition) is 2. The first-order chi connectivity index (χ1) is 9.86. The molecule has 0 saturated heterocycles. The van der Waals surface area contributed by atoms with E-state index in [-0.39, 0.29) is 22.9 Å². The van der Waals surface area contributed by atoms with Gasteiger partial charge in [0.15, 0.2) is 0 Å². The summed E-state index contributed by atoms with van der Waals surface area (Å²) in [6, 6.07) is 2.57. The third-order valence-corrected chi connectivity index (χ3v) is 3.47. The average Bonchev–Trinajstić information content (AvgIpc) is 2.45. The summed E-state index contributed by atoms with van der Waals surface area (Å²) < 4.78 is 17.7. The van der Waals surface area contributed by atoms with Crippen LogP contribution in [0.5, 0.6) is 0 Å². The van der Waals surface area contributed by atoms with Crippen LogP contribution in [-0.4, -0.2) is 36.1 Å². The monoisotopic (exact) mass is 361 g/mol. The van der Waals surface area contributed by atoms with Crippen molar-refractivity contribution in [2.75, 3.05) is 7.11 Å². The van der Waals surface area contributed by atoms with Crippen molar-refractivity contribution in [1.82, 2.24) is 5.32 Å². The minimum Gasteiger partial charge on any atom is -0.480 e. The lowest BCUT2D eigenvalue weighted by atomic mass is 10.1. The van der Waals surface area contributed by atoms with Crippen molar-refractivity contribution in [1.29, 1.82) is 0 Å². The van der Waals surface area contributed by atoms with Crippen molar-refractivity contribution in [3.8, 4) is 0 Å². The van der Waals surface area contributed by atoms with Crippen molar-refractivity contribution in [3.63, 3.8) is 0 Å². The van der Waals surface area contributed by atoms with Gasteiger partial charge in [-0.3, -0.25) is 9.59 Å². The summed E-state index contributed by atoms with van der Waals surface area (Å²) in [6.07, 6.45) is -0.279. The summed E-state index contributed by atoms with van der Waals surface area (Å²) in [7, 11) is 1.18. The molecular weight excluding hydrogens is 349 g/mol. The molecule has 1 atom stereocenters. The van der Waals surface area contributed by atoms with Crippen molar-refractivity contribution < 1.29 is 28.6 Å². The van der Waals surface area contributed by atoms with E-state index < -0.39 is 29.7 Å². The molecule has 0 bridgehead atoms. The lowest BCUT2D eigenvalue weighted by Gasteiger charge is -2.14. The van der Waals surface area contributed by atoms with E-state index in [9.17, 15) is 18.8 Å². The molecule has 1 aromatic rings. The lowest BCUT2D eigenvalue weighted by Crippen LogP contribution is -2.41. The molecule has 1 rings (SSSR count). The predicted molar refractivity (Wildman–Crippen MR) is 74.2 cm³/mol. The molecule has 0 fully saturated rings. The first kappa shape index (κ1) is 17.1. The number of methoxy groups -OCH3 is 1. The topological polar surface area (TPSA) is 92.7 Å². The molecule has 0 saturated carbocycles. The lowest BCUT2D eigenvalue weighted by molar-refractivity contribution is -0.142. The second-order valence-electron chi connectivity index (χ2n) is 4.08. The molecule has 0 aliphatic rings. The van der Waals surface area contributed by atoms with Gasteiger partial charge in [-0.25, -0.2) is 9.18 Å². The Labute approximate surface area is 128 Å². The van der Waals surface area contributed by atoms with Gasteiger partial charge in [0.25, 0.3) is 5.91 Å². The minimum absolute atomic E-state index is 0.0284. The number of nitrogens with one attached hydrogen (secondary N) is 1. The molecule has 2 N–H and O–H groups in total. The first-order valence-corrected chi connectivity index (χ1v) is 6.70. The highest BCUT2D eigenvalue weighted by atomic mass is 79.9. The zero-order valence-corrected chi connectivity index (χ0v) is 12.6. The predicted octanol–water partition coefficient (Wildman–Crippen LogP) is 1.72. The minimum atomic E-state index is -1.29. The van der Waals surface area contributed by atoms with Crippen LogP contribution in [0.15, 0.2) is 22.7 Å². The van der Waals surface area contributed by atoms with Crippen LogP contribution in [0.1, 0.15) is 23.2 Å². The van der Waals surface area contributed by atoms with Crippen molar-refractivity contribution in [2.45, 2.75) is 18.9 Å². The number of ether oxygens (including phenoxy) is 1. The molecule has 8 heteroatoms. The number of amides is 1. The van der Waals surface area contributed by atoms with Crippen LogP contribution in [-0.2, 0) is 14.3 Å². The normalized spacial score (nSPS) is 11.6. The second-order valence-corrected chi connectivity index (χ2v) is 4.87. The quantitative estimate of drug-likeness (QED) is 0.752.